The minimum Gasteiger partial charge on any atom is -0.480 e. The lowest BCUT2D eigenvalue weighted by atomic mass is 10.2. The maximum absolute atomic E-state index is 11.6. The van der Waals surface area contributed by atoms with Crippen molar-refractivity contribution in [2.45, 2.75) is 12.5 Å². The zero-order valence-electron chi connectivity index (χ0n) is 9.03. The molecule has 1 rings (SSSR count). The molecule has 98 valence electrons. The minimum absolute atomic E-state index is 0.0471. The predicted molar refractivity (Wildman–Crippen MR) is 61.6 cm³/mol. The SMILES string of the molecule is O=C(N[C@H](CCO)C(=O)O)c1ccc([N+](=O)[O-])s1. The smallest absolute Gasteiger partial charge is 0.326 e. The second-order valence-corrected chi connectivity index (χ2v) is 4.33. The van der Waals surface area contributed by atoms with Crippen molar-refractivity contribution in [1.29, 1.82) is 0 Å². The van der Waals surface area contributed by atoms with Gasteiger partial charge in [0.15, 0.2) is 0 Å². The molecule has 9 heteroatoms. The number of nitro groups is 1. The summed E-state index contributed by atoms with van der Waals surface area (Å²) in [6.07, 6.45) is -0.130. The summed E-state index contributed by atoms with van der Waals surface area (Å²) in [4.78, 5) is 32.2. The van der Waals surface area contributed by atoms with Crippen LogP contribution in [0.1, 0.15) is 16.1 Å². The Bertz CT molecular complexity index is 471. The summed E-state index contributed by atoms with van der Waals surface area (Å²) in [7, 11) is 0. The number of aliphatic carboxylic acids is 1. The van der Waals surface area contributed by atoms with Crippen molar-refractivity contribution >= 4 is 28.2 Å². The predicted octanol–water partition coefficient (Wildman–Crippen LogP) is 0.222. The number of aliphatic hydroxyl groups excluding tert-OH is 1. The molecular weight excluding hydrogens is 264 g/mol. The Labute approximate surface area is 105 Å². The molecule has 1 aromatic heterocycles. The van der Waals surface area contributed by atoms with Gasteiger partial charge < -0.3 is 15.5 Å². The number of carbonyl (C=O) groups is 2. The van der Waals surface area contributed by atoms with Gasteiger partial charge in [-0.1, -0.05) is 11.3 Å². The van der Waals surface area contributed by atoms with Gasteiger partial charge in [0.2, 0.25) is 0 Å². The number of hydrogen-bond acceptors (Lipinski definition) is 6. The second-order valence-electron chi connectivity index (χ2n) is 3.27. The molecule has 0 fully saturated rings. The molecule has 0 aromatic carbocycles. The van der Waals surface area contributed by atoms with E-state index in [0.29, 0.717) is 11.3 Å². The van der Waals surface area contributed by atoms with Crippen molar-refractivity contribution in [3.05, 3.63) is 27.1 Å². The first kappa shape index (κ1) is 14.1. The topological polar surface area (TPSA) is 130 Å². The van der Waals surface area contributed by atoms with Gasteiger partial charge in [-0.25, -0.2) is 4.79 Å². The molecule has 0 aliphatic carbocycles. The number of thiophene rings is 1. The van der Waals surface area contributed by atoms with Gasteiger partial charge in [-0.05, 0) is 6.07 Å². The van der Waals surface area contributed by atoms with Gasteiger partial charge in [0.05, 0.1) is 9.80 Å². The molecule has 0 spiro atoms. The lowest BCUT2D eigenvalue weighted by Crippen LogP contribution is -2.41. The first-order valence-electron chi connectivity index (χ1n) is 4.84. The molecule has 1 amide bonds. The second kappa shape index (κ2) is 6.07. The van der Waals surface area contributed by atoms with E-state index >= 15 is 0 Å². The molecule has 1 aromatic rings. The summed E-state index contributed by atoms with van der Waals surface area (Å²) in [5.74, 6) is -1.99. The van der Waals surface area contributed by atoms with Crippen LogP contribution in [-0.2, 0) is 4.79 Å². The summed E-state index contributed by atoms with van der Waals surface area (Å²) >= 11 is 0.654. The number of nitrogens with zero attached hydrogens (tertiary/aromatic N) is 1. The van der Waals surface area contributed by atoms with E-state index in [0.717, 1.165) is 0 Å². The van der Waals surface area contributed by atoms with Crippen molar-refractivity contribution in [3.8, 4) is 0 Å². The van der Waals surface area contributed by atoms with E-state index in [-0.39, 0.29) is 22.9 Å². The first-order chi connectivity index (χ1) is 8.45. The van der Waals surface area contributed by atoms with E-state index in [1.165, 1.54) is 12.1 Å². The monoisotopic (exact) mass is 274 g/mol. The molecule has 0 saturated heterocycles. The van der Waals surface area contributed by atoms with Crippen molar-refractivity contribution in [2.75, 3.05) is 6.61 Å². The highest BCUT2D eigenvalue weighted by molar-refractivity contribution is 7.17. The van der Waals surface area contributed by atoms with E-state index < -0.39 is 22.8 Å². The number of nitrogens with one attached hydrogen (secondary N) is 1. The van der Waals surface area contributed by atoms with Gasteiger partial charge in [-0.15, -0.1) is 0 Å². The van der Waals surface area contributed by atoms with E-state index in [9.17, 15) is 19.7 Å². The Hall–Kier alpha value is -2.00. The van der Waals surface area contributed by atoms with Crippen LogP contribution in [0.15, 0.2) is 12.1 Å². The van der Waals surface area contributed by atoms with Crippen molar-refractivity contribution < 1.29 is 24.7 Å². The highest BCUT2D eigenvalue weighted by Crippen LogP contribution is 2.23. The van der Waals surface area contributed by atoms with E-state index in [1.54, 1.807) is 0 Å². The molecule has 0 aliphatic rings. The summed E-state index contributed by atoms with van der Waals surface area (Å²) < 4.78 is 0. The fourth-order valence-corrected chi connectivity index (χ4v) is 1.89. The van der Waals surface area contributed by atoms with Gasteiger partial charge in [-0.2, -0.15) is 0 Å². The Morgan fingerprint density at radius 3 is 2.61 bits per heavy atom. The van der Waals surface area contributed by atoms with E-state index in [4.69, 9.17) is 10.2 Å². The zero-order valence-corrected chi connectivity index (χ0v) is 9.85. The van der Waals surface area contributed by atoms with Crippen LogP contribution in [0.4, 0.5) is 5.00 Å². The minimum atomic E-state index is -1.27. The fraction of sp³-hybridized carbons (Fsp3) is 0.333. The van der Waals surface area contributed by atoms with Crippen LogP contribution >= 0.6 is 11.3 Å². The molecule has 3 N–H and O–H groups in total. The average Bonchev–Trinajstić information content (AvgIpc) is 2.77. The van der Waals surface area contributed by atoms with Crippen LogP contribution in [0.3, 0.4) is 0 Å². The molecule has 0 bridgehead atoms. The average molecular weight is 274 g/mol. The quantitative estimate of drug-likeness (QED) is 0.502. The van der Waals surface area contributed by atoms with Crippen LogP contribution in [-0.4, -0.2) is 39.7 Å². The Morgan fingerprint density at radius 1 is 1.50 bits per heavy atom. The number of aliphatic hydroxyl groups is 1. The first-order valence-corrected chi connectivity index (χ1v) is 5.66. The van der Waals surface area contributed by atoms with Gasteiger partial charge in [-0.3, -0.25) is 14.9 Å². The van der Waals surface area contributed by atoms with Gasteiger partial charge in [0.1, 0.15) is 6.04 Å². The third-order valence-corrected chi connectivity index (χ3v) is 3.05. The van der Waals surface area contributed by atoms with Crippen LogP contribution in [0.5, 0.6) is 0 Å². The van der Waals surface area contributed by atoms with Crippen LogP contribution < -0.4 is 5.32 Å². The summed E-state index contributed by atoms with van der Waals surface area (Å²) in [6.45, 7) is -0.387. The Morgan fingerprint density at radius 2 is 2.17 bits per heavy atom. The number of carbonyl (C=O) groups excluding carboxylic acids is 1. The normalized spacial score (nSPS) is 11.8. The lowest BCUT2D eigenvalue weighted by molar-refractivity contribution is -0.380. The molecule has 1 atom stereocenters. The van der Waals surface area contributed by atoms with Gasteiger partial charge >= 0.3 is 11.0 Å². The number of carboxylic acids is 1. The highest BCUT2D eigenvalue weighted by Gasteiger charge is 2.22. The number of rotatable bonds is 6. The molecule has 18 heavy (non-hydrogen) atoms. The fourth-order valence-electron chi connectivity index (χ4n) is 1.16. The maximum atomic E-state index is 11.6. The third-order valence-electron chi connectivity index (χ3n) is 2.02. The van der Waals surface area contributed by atoms with Crippen LogP contribution in [0.2, 0.25) is 0 Å². The molecule has 1 heterocycles. The maximum Gasteiger partial charge on any atom is 0.326 e. The molecular formula is C9H10N2O6S. The van der Waals surface area contributed by atoms with E-state index in [1.807, 2.05) is 0 Å². The van der Waals surface area contributed by atoms with Gasteiger partial charge in [0.25, 0.3) is 5.91 Å². The highest BCUT2D eigenvalue weighted by atomic mass is 32.1. The summed E-state index contributed by atoms with van der Waals surface area (Å²) in [5, 5.41) is 29.8. The number of hydrogen-bond donors (Lipinski definition) is 3. The van der Waals surface area contributed by atoms with Gasteiger partial charge in [0, 0.05) is 19.1 Å². The zero-order chi connectivity index (χ0) is 13.7. The van der Waals surface area contributed by atoms with Crippen LogP contribution in [0, 0.1) is 10.1 Å². The summed E-state index contributed by atoms with van der Waals surface area (Å²) in [6, 6.07) is 1.20. The number of carboxylic acid groups (broad SMARTS) is 1. The van der Waals surface area contributed by atoms with Crippen LogP contribution in [0.25, 0.3) is 0 Å². The lowest BCUT2D eigenvalue weighted by Gasteiger charge is -2.11. The molecule has 0 unspecified atom stereocenters. The standard InChI is InChI=1S/C9H10N2O6S/c12-4-3-5(9(14)15)10-8(13)6-1-2-7(18-6)11(16)17/h1-2,5,12H,3-4H2,(H,10,13)(H,14,15)/t5-/m1/s1. The Kier molecular flexibility index (Phi) is 4.75. The molecule has 0 radical (unpaired) electrons. The molecule has 8 nitrogen and oxygen atoms in total. The largest absolute Gasteiger partial charge is 0.480 e. The van der Waals surface area contributed by atoms with Crippen molar-refractivity contribution in [3.63, 3.8) is 0 Å². The summed E-state index contributed by atoms with van der Waals surface area (Å²) in [5.41, 5.74) is 0. The Balaban J connectivity index is 2.74. The van der Waals surface area contributed by atoms with Crippen molar-refractivity contribution in [1.82, 2.24) is 5.32 Å². The van der Waals surface area contributed by atoms with Crippen molar-refractivity contribution in [2.24, 2.45) is 0 Å². The third kappa shape index (κ3) is 3.50. The van der Waals surface area contributed by atoms with E-state index in [2.05, 4.69) is 5.32 Å². The number of amides is 1. The molecule has 0 aliphatic heterocycles. The molecule has 0 saturated carbocycles.